The van der Waals surface area contributed by atoms with Crippen molar-refractivity contribution in [3.63, 3.8) is 0 Å². The van der Waals surface area contributed by atoms with E-state index in [1.54, 1.807) is 18.2 Å². The van der Waals surface area contributed by atoms with Crippen LogP contribution in [0.15, 0.2) is 77.7 Å². The summed E-state index contributed by atoms with van der Waals surface area (Å²) in [5.41, 5.74) is 2.06. The predicted molar refractivity (Wildman–Crippen MR) is 123 cm³/mol. The molecule has 0 heterocycles. The molecule has 0 spiro atoms. The van der Waals surface area contributed by atoms with Gasteiger partial charge in [0.15, 0.2) is 0 Å². The van der Waals surface area contributed by atoms with Crippen LogP contribution in [0, 0.1) is 12.7 Å². The summed E-state index contributed by atoms with van der Waals surface area (Å²) in [6.07, 6.45) is 0. The molecule has 168 valence electrons. The smallest absolute Gasteiger partial charge is 0.243 e. The number of hydrogen-bond acceptors (Lipinski definition) is 3. The van der Waals surface area contributed by atoms with E-state index in [9.17, 15) is 17.6 Å². The monoisotopic (exact) mass is 474 g/mol. The summed E-state index contributed by atoms with van der Waals surface area (Å²) < 4.78 is 41.9. The Morgan fingerprint density at radius 2 is 1.50 bits per heavy atom. The average Bonchev–Trinajstić information content (AvgIpc) is 2.76. The van der Waals surface area contributed by atoms with Gasteiger partial charge in [0.1, 0.15) is 5.82 Å². The second kappa shape index (κ2) is 10.3. The molecule has 0 radical (unpaired) electrons. The fourth-order valence-electron chi connectivity index (χ4n) is 3.20. The number of likely N-dealkylation sites (N-methyl/N-ethyl adjacent to an activating group) is 1. The number of hydrogen-bond donors (Lipinski definition) is 0. The van der Waals surface area contributed by atoms with Crippen molar-refractivity contribution in [2.24, 2.45) is 0 Å². The van der Waals surface area contributed by atoms with E-state index in [0.29, 0.717) is 10.6 Å². The van der Waals surface area contributed by atoms with Crippen LogP contribution >= 0.6 is 11.6 Å². The van der Waals surface area contributed by atoms with Gasteiger partial charge in [0, 0.05) is 30.7 Å². The largest absolute Gasteiger partial charge is 0.340 e. The molecular weight excluding hydrogens is 451 g/mol. The number of carbonyl (C=O) groups is 1. The van der Waals surface area contributed by atoms with Crippen LogP contribution < -0.4 is 0 Å². The first-order chi connectivity index (χ1) is 15.2. The lowest BCUT2D eigenvalue weighted by Gasteiger charge is -2.26. The molecule has 5 nitrogen and oxygen atoms in total. The van der Waals surface area contributed by atoms with Crippen LogP contribution in [-0.4, -0.2) is 37.1 Å². The third kappa shape index (κ3) is 5.73. The maximum absolute atomic E-state index is 14.0. The molecule has 0 N–H and O–H groups in total. The van der Waals surface area contributed by atoms with Gasteiger partial charge in [-0.1, -0.05) is 54.1 Å². The molecule has 0 aliphatic rings. The second-order valence-corrected chi connectivity index (χ2v) is 9.87. The van der Waals surface area contributed by atoms with Crippen molar-refractivity contribution in [3.8, 4) is 0 Å². The van der Waals surface area contributed by atoms with Crippen LogP contribution in [0.5, 0.6) is 0 Å². The third-order valence-electron chi connectivity index (χ3n) is 5.16. The molecule has 0 saturated carbocycles. The summed E-state index contributed by atoms with van der Waals surface area (Å²) in [6, 6.07) is 19.4. The van der Waals surface area contributed by atoms with Crippen molar-refractivity contribution in [1.29, 1.82) is 0 Å². The molecule has 0 aromatic heterocycles. The summed E-state index contributed by atoms with van der Waals surface area (Å²) >= 11 is 5.91. The highest BCUT2D eigenvalue weighted by Gasteiger charge is 2.28. The van der Waals surface area contributed by atoms with Gasteiger partial charge in [-0.2, -0.15) is 4.31 Å². The van der Waals surface area contributed by atoms with Gasteiger partial charge in [0.2, 0.25) is 15.9 Å². The molecule has 0 bridgehead atoms. The first kappa shape index (κ1) is 23.9. The number of amides is 1. The quantitative estimate of drug-likeness (QED) is 0.478. The van der Waals surface area contributed by atoms with Crippen molar-refractivity contribution in [2.45, 2.75) is 24.9 Å². The molecule has 0 atom stereocenters. The van der Waals surface area contributed by atoms with E-state index >= 15 is 0 Å². The Morgan fingerprint density at radius 1 is 0.906 bits per heavy atom. The number of nitrogens with zero attached hydrogens (tertiary/aromatic N) is 2. The molecule has 8 heteroatoms. The summed E-state index contributed by atoms with van der Waals surface area (Å²) in [5.74, 6) is -0.864. The van der Waals surface area contributed by atoms with Crippen LogP contribution in [0.4, 0.5) is 4.39 Å². The van der Waals surface area contributed by atoms with Gasteiger partial charge in [0.25, 0.3) is 0 Å². The first-order valence-corrected chi connectivity index (χ1v) is 11.8. The SMILES string of the molecule is Cc1ccccc1CN(CC(=O)N(C)Cc1ccccc1F)S(=O)(=O)c1ccc(Cl)cc1. The molecule has 0 aliphatic heterocycles. The van der Waals surface area contributed by atoms with Crippen molar-refractivity contribution in [2.75, 3.05) is 13.6 Å². The molecule has 1 amide bonds. The van der Waals surface area contributed by atoms with Gasteiger partial charge in [-0.05, 0) is 48.4 Å². The van der Waals surface area contributed by atoms with Gasteiger partial charge in [-0.15, -0.1) is 0 Å². The predicted octanol–water partition coefficient (Wildman–Crippen LogP) is 4.64. The minimum Gasteiger partial charge on any atom is -0.340 e. The van der Waals surface area contributed by atoms with E-state index in [1.165, 1.54) is 42.3 Å². The molecule has 0 unspecified atom stereocenters. The van der Waals surface area contributed by atoms with E-state index in [4.69, 9.17) is 11.6 Å². The number of rotatable bonds is 8. The van der Waals surface area contributed by atoms with Crippen LogP contribution in [0.3, 0.4) is 0 Å². The molecule has 3 rings (SSSR count). The average molecular weight is 475 g/mol. The van der Waals surface area contributed by atoms with E-state index in [-0.39, 0.29) is 24.5 Å². The molecular formula is C24H24ClFN2O3S. The Labute approximate surface area is 193 Å². The number of benzene rings is 3. The number of sulfonamides is 1. The lowest BCUT2D eigenvalue weighted by molar-refractivity contribution is -0.130. The standard InChI is InChI=1S/C24H24ClFN2O3S/c1-18-7-3-4-8-19(18)16-28(32(30,31)22-13-11-21(25)12-14-22)17-24(29)27(2)15-20-9-5-6-10-23(20)26/h3-14H,15-17H2,1-2H3. The highest BCUT2D eigenvalue weighted by Crippen LogP contribution is 2.22. The molecule has 0 saturated heterocycles. The van der Waals surface area contributed by atoms with Crippen LogP contribution in [0.2, 0.25) is 5.02 Å². The van der Waals surface area contributed by atoms with E-state index in [2.05, 4.69) is 0 Å². The Kier molecular flexibility index (Phi) is 7.66. The second-order valence-electron chi connectivity index (χ2n) is 7.49. The maximum Gasteiger partial charge on any atom is 0.243 e. The number of aryl methyl sites for hydroxylation is 1. The van der Waals surface area contributed by atoms with E-state index in [1.807, 2.05) is 31.2 Å². The van der Waals surface area contributed by atoms with Crippen LogP contribution in [0.25, 0.3) is 0 Å². The summed E-state index contributed by atoms with van der Waals surface area (Å²) in [4.78, 5) is 14.3. The van der Waals surface area contributed by atoms with Gasteiger partial charge >= 0.3 is 0 Å². The zero-order valence-corrected chi connectivity index (χ0v) is 19.4. The van der Waals surface area contributed by atoms with Gasteiger partial charge < -0.3 is 4.90 Å². The number of carbonyl (C=O) groups excluding carboxylic acids is 1. The van der Waals surface area contributed by atoms with Gasteiger partial charge in [-0.3, -0.25) is 4.79 Å². The number of halogens is 2. The first-order valence-electron chi connectivity index (χ1n) is 9.96. The lowest BCUT2D eigenvalue weighted by atomic mass is 10.1. The summed E-state index contributed by atoms with van der Waals surface area (Å²) in [7, 11) is -2.47. The van der Waals surface area contributed by atoms with Crippen molar-refractivity contribution < 1.29 is 17.6 Å². The maximum atomic E-state index is 14.0. The third-order valence-corrected chi connectivity index (χ3v) is 7.22. The zero-order chi connectivity index (χ0) is 23.3. The molecule has 0 aliphatic carbocycles. The van der Waals surface area contributed by atoms with Gasteiger partial charge in [0.05, 0.1) is 11.4 Å². The zero-order valence-electron chi connectivity index (χ0n) is 17.8. The summed E-state index contributed by atoms with van der Waals surface area (Å²) in [5, 5.41) is 0.412. The van der Waals surface area contributed by atoms with Crippen LogP contribution in [-0.2, 0) is 27.9 Å². The molecule has 0 fully saturated rings. The Balaban J connectivity index is 1.88. The highest BCUT2D eigenvalue weighted by atomic mass is 35.5. The Bertz CT molecular complexity index is 1200. The molecule has 3 aromatic rings. The van der Waals surface area contributed by atoms with Crippen LogP contribution in [0.1, 0.15) is 16.7 Å². The molecule has 32 heavy (non-hydrogen) atoms. The normalized spacial score (nSPS) is 11.5. The Morgan fingerprint density at radius 3 is 2.12 bits per heavy atom. The fourth-order valence-corrected chi connectivity index (χ4v) is 4.69. The van der Waals surface area contributed by atoms with Crippen molar-refractivity contribution >= 4 is 27.5 Å². The Hall–Kier alpha value is -2.74. The van der Waals surface area contributed by atoms with Crippen molar-refractivity contribution in [3.05, 3.63) is 100 Å². The minimum absolute atomic E-state index is 0.0247. The van der Waals surface area contributed by atoms with E-state index in [0.717, 1.165) is 15.4 Å². The van der Waals surface area contributed by atoms with Crippen molar-refractivity contribution in [1.82, 2.24) is 9.21 Å². The van der Waals surface area contributed by atoms with E-state index < -0.39 is 21.7 Å². The lowest BCUT2D eigenvalue weighted by Crippen LogP contribution is -2.41. The topological polar surface area (TPSA) is 57.7 Å². The minimum atomic E-state index is -3.99. The molecule has 3 aromatic carbocycles. The van der Waals surface area contributed by atoms with Gasteiger partial charge in [-0.25, -0.2) is 12.8 Å². The highest BCUT2D eigenvalue weighted by molar-refractivity contribution is 7.89. The summed E-state index contributed by atoms with van der Waals surface area (Å²) in [6.45, 7) is 1.56. The fraction of sp³-hybridized carbons (Fsp3) is 0.208.